The van der Waals surface area contributed by atoms with Gasteiger partial charge in [-0.2, -0.15) is 0 Å². The number of primary amides is 1. The molecule has 2 N–H and O–H groups in total. The third kappa shape index (κ3) is 3.82. The second-order valence-corrected chi connectivity index (χ2v) is 4.58. The molecule has 1 saturated heterocycles. The molecule has 0 spiro atoms. The first-order valence-electron chi connectivity index (χ1n) is 6.36. The van der Waals surface area contributed by atoms with Crippen molar-refractivity contribution >= 4 is 5.91 Å². The van der Waals surface area contributed by atoms with E-state index in [1.807, 2.05) is 19.1 Å². The van der Waals surface area contributed by atoms with Gasteiger partial charge in [0, 0.05) is 24.2 Å². The van der Waals surface area contributed by atoms with Gasteiger partial charge in [0.15, 0.2) is 0 Å². The van der Waals surface area contributed by atoms with Gasteiger partial charge in [-0.1, -0.05) is 17.9 Å². The predicted molar refractivity (Wildman–Crippen MR) is 73.8 cm³/mol. The number of nitrogens with zero attached hydrogens (tertiary/aromatic N) is 1. The summed E-state index contributed by atoms with van der Waals surface area (Å²) in [7, 11) is 0. The molecule has 100 valence electrons. The zero-order chi connectivity index (χ0) is 13.7. The minimum absolute atomic E-state index is 0.408. The minimum atomic E-state index is -0.408. The lowest BCUT2D eigenvalue weighted by Crippen LogP contribution is -2.36. The molecule has 4 heteroatoms. The van der Waals surface area contributed by atoms with Crippen LogP contribution in [0.25, 0.3) is 0 Å². The minimum Gasteiger partial charge on any atom is -0.379 e. The Bertz CT molecular complexity index is 523. The van der Waals surface area contributed by atoms with Gasteiger partial charge in [-0.3, -0.25) is 9.69 Å². The van der Waals surface area contributed by atoms with Crippen LogP contribution in [0.5, 0.6) is 0 Å². The first kappa shape index (κ1) is 13.6. The summed E-state index contributed by atoms with van der Waals surface area (Å²) in [5, 5.41) is 0. The van der Waals surface area contributed by atoms with Crippen molar-refractivity contribution in [3.05, 3.63) is 34.9 Å². The quantitative estimate of drug-likeness (QED) is 0.797. The SMILES string of the molecule is Cc1ccc(C#CCN2CCOCC2)cc1C(N)=O. The molecule has 1 heterocycles. The largest absolute Gasteiger partial charge is 0.379 e. The molecule has 2 rings (SSSR count). The standard InChI is InChI=1S/C15H18N2O2/c1-12-4-5-13(11-14(12)15(16)18)3-2-6-17-7-9-19-10-8-17/h4-5,11H,6-10H2,1H3,(H2,16,18). The number of hydrogen-bond acceptors (Lipinski definition) is 3. The fourth-order valence-corrected chi connectivity index (χ4v) is 1.98. The zero-order valence-corrected chi connectivity index (χ0v) is 11.1. The van der Waals surface area contributed by atoms with E-state index in [1.54, 1.807) is 6.07 Å². The van der Waals surface area contributed by atoms with Crippen LogP contribution in [-0.2, 0) is 4.74 Å². The number of amides is 1. The van der Waals surface area contributed by atoms with E-state index in [0.29, 0.717) is 5.56 Å². The van der Waals surface area contributed by atoms with Crippen molar-refractivity contribution < 1.29 is 9.53 Å². The molecule has 0 aliphatic carbocycles. The third-order valence-corrected chi connectivity index (χ3v) is 3.14. The average molecular weight is 258 g/mol. The van der Waals surface area contributed by atoms with Crippen LogP contribution in [0.1, 0.15) is 21.5 Å². The Morgan fingerprint density at radius 2 is 2.16 bits per heavy atom. The summed E-state index contributed by atoms with van der Waals surface area (Å²) in [6, 6.07) is 5.54. The molecule has 1 fully saturated rings. The van der Waals surface area contributed by atoms with Crippen LogP contribution in [-0.4, -0.2) is 43.7 Å². The summed E-state index contributed by atoms with van der Waals surface area (Å²) in [5.74, 6) is 5.79. The number of benzene rings is 1. The Morgan fingerprint density at radius 3 is 2.84 bits per heavy atom. The highest BCUT2D eigenvalue weighted by atomic mass is 16.5. The molecule has 1 aromatic rings. The van der Waals surface area contributed by atoms with E-state index < -0.39 is 5.91 Å². The Balaban J connectivity index is 2.03. The highest BCUT2D eigenvalue weighted by Crippen LogP contribution is 2.09. The van der Waals surface area contributed by atoms with Gasteiger partial charge in [0.05, 0.1) is 19.8 Å². The van der Waals surface area contributed by atoms with E-state index in [-0.39, 0.29) is 0 Å². The number of carbonyl (C=O) groups excluding carboxylic acids is 1. The topological polar surface area (TPSA) is 55.6 Å². The second-order valence-electron chi connectivity index (χ2n) is 4.58. The van der Waals surface area contributed by atoms with Crippen molar-refractivity contribution in [1.29, 1.82) is 0 Å². The maximum Gasteiger partial charge on any atom is 0.249 e. The molecule has 0 radical (unpaired) electrons. The van der Waals surface area contributed by atoms with Gasteiger partial charge >= 0.3 is 0 Å². The maximum atomic E-state index is 11.2. The molecule has 19 heavy (non-hydrogen) atoms. The smallest absolute Gasteiger partial charge is 0.249 e. The van der Waals surface area contributed by atoms with Crippen LogP contribution < -0.4 is 5.73 Å². The summed E-state index contributed by atoms with van der Waals surface area (Å²) in [6.07, 6.45) is 0. The zero-order valence-electron chi connectivity index (χ0n) is 11.1. The third-order valence-electron chi connectivity index (χ3n) is 3.14. The lowest BCUT2D eigenvalue weighted by Gasteiger charge is -2.24. The first-order valence-corrected chi connectivity index (χ1v) is 6.36. The Hall–Kier alpha value is -1.83. The molecule has 0 aromatic heterocycles. The first-order chi connectivity index (χ1) is 9.16. The van der Waals surface area contributed by atoms with Gasteiger partial charge in [0.2, 0.25) is 5.91 Å². The summed E-state index contributed by atoms with van der Waals surface area (Å²) < 4.78 is 5.28. The summed E-state index contributed by atoms with van der Waals surface area (Å²) >= 11 is 0. The normalized spacial score (nSPS) is 15.6. The van der Waals surface area contributed by atoms with E-state index >= 15 is 0 Å². The Morgan fingerprint density at radius 1 is 1.42 bits per heavy atom. The van der Waals surface area contributed by atoms with Crippen LogP contribution in [0, 0.1) is 18.8 Å². The maximum absolute atomic E-state index is 11.2. The second kappa shape index (κ2) is 6.37. The van der Waals surface area contributed by atoms with Gasteiger partial charge < -0.3 is 10.5 Å². The lowest BCUT2D eigenvalue weighted by molar-refractivity contribution is 0.0443. The van der Waals surface area contributed by atoms with Gasteiger partial charge in [-0.05, 0) is 24.6 Å². The van der Waals surface area contributed by atoms with Crippen LogP contribution in [0.2, 0.25) is 0 Å². The van der Waals surface area contributed by atoms with Gasteiger partial charge in [-0.25, -0.2) is 0 Å². The molecule has 0 atom stereocenters. The number of rotatable bonds is 2. The summed E-state index contributed by atoms with van der Waals surface area (Å²) in [5.41, 5.74) is 7.57. The van der Waals surface area contributed by atoms with E-state index in [1.165, 1.54) is 0 Å². The molecular formula is C15H18N2O2. The van der Waals surface area contributed by atoms with Gasteiger partial charge in [0.25, 0.3) is 0 Å². The van der Waals surface area contributed by atoms with Crippen molar-refractivity contribution in [2.45, 2.75) is 6.92 Å². The van der Waals surface area contributed by atoms with E-state index in [0.717, 1.165) is 44.0 Å². The molecule has 1 amide bonds. The molecule has 1 aromatic carbocycles. The molecule has 1 aliphatic rings. The Kier molecular flexibility index (Phi) is 4.56. The van der Waals surface area contributed by atoms with Gasteiger partial charge in [-0.15, -0.1) is 0 Å². The van der Waals surface area contributed by atoms with E-state index in [2.05, 4.69) is 16.7 Å². The van der Waals surface area contributed by atoms with Crippen LogP contribution >= 0.6 is 0 Å². The summed E-state index contributed by atoms with van der Waals surface area (Å²) in [6.45, 7) is 5.99. The molecule has 4 nitrogen and oxygen atoms in total. The lowest BCUT2D eigenvalue weighted by atomic mass is 10.0. The van der Waals surface area contributed by atoms with Crippen molar-refractivity contribution in [2.75, 3.05) is 32.8 Å². The number of hydrogen-bond donors (Lipinski definition) is 1. The van der Waals surface area contributed by atoms with Crippen LogP contribution in [0.3, 0.4) is 0 Å². The van der Waals surface area contributed by atoms with E-state index in [9.17, 15) is 4.79 Å². The molecule has 0 saturated carbocycles. The Labute approximate surface area is 113 Å². The number of morpholine rings is 1. The average Bonchev–Trinajstić information content (AvgIpc) is 2.41. The highest BCUT2D eigenvalue weighted by molar-refractivity contribution is 5.94. The van der Waals surface area contributed by atoms with Crippen molar-refractivity contribution in [3.8, 4) is 11.8 Å². The van der Waals surface area contributed by atoms with Gasteiger partial charge in [0.1, 0.15) is 0 Å². The predicted octanol–water partition coefficient (Wildman–Crippen LogP) is 0.778. The number of ether oxygens (including phenoxy) is 1. The number of aryl methyl sites for hydroxylation is 1. The molecule has 0 bridgehead atoms. The van der Waals surface area contributed by atoms with Crippen molar-refractivity contribution in [3.63, 3.8) is 0 Å². The molecular weight excluding hydrogens is 240 g/mol. The van der Waals surface area contributed by atoms with Crippen LogP contribution in [0.4, 0.5) is 0 Å². The van der Waals surface area contributed by atoms with Crippen molar-refractivity contribution in [1.82, 2.24) is 4.90 Å². The molecule has 1 aliphatic heterocycles. The number of carbonyl (C=O) groups is 1. The highest BCUT2D eigenvalue weighted by Gasteiger charge is 2.08. The summed E-state index contributed by atoms with van der Waals surface area (Å²) in [4.78, 5) is 13.5. The fourth-order valence-electron chi connectivity index (χ4n) is 1.98. The van der Waals surface area contributed by atoms with Crippen molar-refractivity contribution in [2.24, 2.45) is 5.73 Å². The molecule has 0 unspecified atom stereocenters. The van der Waals surface area contributed by atoms with Crippen LogP contribution in [0.15, 0.2) is 18.2 Å². The number of nitrogens with two attached hydrogens (primary N) is 1. The monoisotopic (exact) mass is 258 g/mol. The van der Waals surface area contributed by atoms with E-state index in [4.69, 9.17) is 10.5 Å². The fraction of sp³-hybridized carbons (Fsp3) is 0.400.